The minimum atomic E-state index is -0.917. The molecule has 2 heterocycles. The molecule has 9 heteroatoms. The molecule has 3 N–H and O–H groups in total. The minimum absolute atomic E-state index is 0.0133. The topological polar surface area (TPSA) is 121 Å². The number of amides is 5. The Kier molecular flexibility index (Phi) is 5.98. The van der Waals surface area contributed by atoms with E-state index < -0.39 is 24.0 Å². The Morgan fingerprint density at radius 2 is 2.00 bits per heavy atom. The van der Waals surface area contributed by atoms with E-state index in [4.69, 9.17) is 4.42 Å². The third-order valence-corrected chi connectivity index (χ3v) is 6.25. The molecule has 2 fully saturated rings. The number of imide groups is 1. The van der Waals surface area contributed by atoms with Gasteiger partial charge in [0.1, 0.15) is 17.8 Å². The second kappa shape index (κ2) is 8.86. The number of anilines is 1. The normalized spacial score (nSPS) is 22.7. The van der Waals surface area contributed by atoms with Crippen LogP contribution in [-0.2, 0) is 16.1 Å². The Hall–Kier alpha value is -3.62. The van der Waals surface area contributed by atoms with Gasteiger partial charge in [0, 0.05) is 0 Å². The lowest BCUT2D eigenvalue weighted by molar-refractivity contribution is -0.136. The molecule has 2 atom stereocenters. The highest BCUT2D eigenvalue weighted by Gasteiger charge is 2.55. The first-order valence-corrected chi connectivity index (χ1v) is 10.7. The summed E-state index contributed by atoms with van der Waals surface area (Å²) in [6, 6.07) is 9.46. The van der Waals surface area contributed by atoms with Gasteiger partial charge in [0.15, 0.2) is 0 Å². The van der Waals surface area contributed by atoms with Crippen LogP contribution in [0.4, 0.5) is 10.5 Å². The average Bonchev–Trinajstić information content (AvgIpc) is 3.38. The van der Waals surface area contributed by atoms with Crippen molar-refractivity contribution in [2.75, 3.05) is 11.9 Å². The minimum Gasteiger partial charge on any atom is -0.467 e. The van der Waals surface area contributed by atoms with Gasteiger partial charge in [-0.2, -0.15) is 0 Å². The van der Waals surface area contributed by atoms with Crippen molar-refractivity contribution in [2.45, 2.75) is 44.7 Å². The number of hydrogen-bond donors (Lipinski definition) is 3. The van der Waals surface area contributed by atoms with Crippen molar-refractivity contribution in [2.24, 2.45) is 5.92 Å². The second-order valence-corrected chi connectivity index (χ2v) is 8.30. The zero-order valence-corrected chi connectivity index (χ0v) is 17.8. The smallest absolute Gasteiger partial charge is 0.325 e. The second-order valence-electron chi connectivity index (χ2n) is 8.30. The third-order valence-electron chi connectivity index (χ3n) is 6.25. The third kappa shape index (κ3) is 4.10. The van der Waals surface area contributed by atoms with Crippen LogP contribution in [0.15, 0.2) is 47.1 Å². The number of carbonyl (C=O) groups is 4. The zero-order chi connectivity index (χ0) is 22.7. The Balaban J connectivity index is 1.42. The molecule has 1 saturated carbocycles. The Labute approximate surface area is 185 Å². The van der Waals surface area contributed by atoms with E-state index in [1.54, 1.807) is 36.4 Å². The van der Waals surface area contributed by atoms with Crippen LogP contribution in [0.3, 0.4) is 0 Å². The van der Waals surface area contributed by atoms with Crippen LogP contribution in [0.1, 0.15) is 48.7 Å². The molecular formula is C23H26N4O5. The van der Waals surface area contributed by atoms with Crippen molar-refractivity contribution in [3.63, 3.8) is 0 Å². The molecule has 0 radical (unpaired) electrons. The molecule has 4 rings (SSSR count). The first-order valence-electron chi connectivity index (χ1n) is 10.7. The Bertz CT molecular complexity index is 1030. The number of rotatable bonds is 6. The summed E-state index contributed by atoms with van der Waals surface area (Å²) >= 11 is 0. The molecule has 2 aliphatic rings. The molecule has 1 aliphatic heterocycles. The van der Waals surface area contributed by atoms with Crippen molar-refractivity contribution < 1.29 is 23.6 Å². The first kappa shape index (κ1) is 21.6. The summed E-state index contributed by atoms with van der Waals surface area (Å²) in [4.78, 5) is 51.8. The van der Waals surface area contributed by atoms with Gasteiger partial charge < -0.3 is 20.4 Å². The average molecular weight is 438 g/mol. The standard InChI is InChI=1S/C23H26N4O5/c1-15-7-4-5-11-23(15)21(30)27(22(31)26-23)14-19(28)25-18-10-3-2-9-17(18)20(29)24-13-16-8-6-12-32-16/h2-3,6,8-10,12,15H,4-5,7,11,13-14H2,1H3,(H,24,29)(H,25,28)(H,26,31)/t15-,23-/m0/s1. The van der Waals surface area contributed by atoms with Crippen molar-refractivity contribution in [1.29, 1.82) is 0 Å². The fraction of sp³-hybridized carbons (Fsp3) is 0.391. The van der Waals surface area contributed by atoms with E-state index in [9.17, 15) is 19.2 Å². The Morgan fingerprint density at radius 3 is 2.75 bits per heavy atom. The monoisotopic (exact) mass is 438 g/mol. The molecule has 32 heavy (non-hydrogen) atoms. The lowest BCUT2D eigenvalue weighted by Gasteiger charge is -2.36. The summed E-state index contributed by atoms with van der Waals surface area (Å²) in [6.45, 7) is 1.75. The predicted molar refractivity (Wildman–Crippen MR) is 116 cm³/mol. The summed E-state index contributed by atoms with van der Waals surface area (Å²) in [6.07, 6.45) is 4.83. The maximum atomic E-state index is 13.1. The summed E-state index contributed by atoms with van der Waals surface area (Å²) in [5, 5.41) is 8.22. The fourth-order valence-electron chi connectivity index (χ4n) is 4.44. The van der Waals surface area contributed by atoms with Crippen LogP contribution < -0.4 is 16.0 Å². The van der Waals surface area contributed by atoms with Crippen LogP contribution in [0.5, 0.6) is 0 Å². The van der Waals surface area contributed by atoms with Gasteiger partial charge in [0.05, 0.1) is 24.1 Å². The van der Waals surface area contributed by atoms with Gasteiger partial charge in [-0.05, 0) is 43.0 Å². The van der Waals surface area contributed by atoms with Gasteiger partial charge in [-0.15, -0.1) is 0 Å². The fourth-order valence-corrected chi connectivity index (χ4v) is 4.44. The summed E-state index contributed by atoms with van der Waals surface area (Å²) in [5.74, 6) is -0.680. The van der Waals surface area contributed by atoms with E-state index in [1.807, 2.05) is 6.92 Å². The summed E-state index contributed by atoms with van der Waals surface area (Å²) < 4.78 is 5.20. The van der Waals surface area contributed by atoms with Gasteiger partial charge >= 0.3 is 6.03 Å². The quantitative estimate of drug-likeness (QED) is 0.599. The number of carbonyl (C=O) groups excluding carboxylic acids is 4. The van der Waals surface area contributed by atoms with Crippen molar-refractivity contribution in [3.05, 3.63) is 54.0 Å². The van der Waals surface area contributed by atoms with Crippen LogP contribution in [-0.4, -0.2) is 40.7 Å². The van der Waals surface area contributed by atoms with Crippen molar-refractivity contribution >= 4 is 29.4 Å². The van der Waals surface area contributed by atoms with E-state index in [2.05, 4.69) is 16.0 Å². The molecule has 9 nitrogen and oxygen atoms in total. The first-order chi connectivity index (χ1) is 15.4. The molecule has 2 aromatic rings. The maximum Gasteiger partial charge on any atom is 0.325 e. The van der Waals surface area contributed by atoms with Crippen LogP contribution in [0, 0.1) is 5.92 Å². The van der Waals surface area contributed by atoms with Crippen LogP contribution >= 0.6 is 0 Å². The van der Waals surface area contributed by atoms with Gasteiger partial charge in [0.25, 0.3) is 11.8 Å². The number of benzene rings is 1. The molecule has 0 unspecified atom stereocenters. The molecule has 0 bridgehead atoms. The maximum absolute atomic E-state index is 13.1. The van der Waals surface area contributed by atoms with Gasteiger partial charge in [0.2, 0.25) is 5.91 Å². The lowest BCUT2D eigenvalue weighted by Crippen LogP contribution is -2.54. The Morgan fingerprint density at radius 1 is 1.19 bits per heavy atom. The molecule has 1 spiro atoms. The number of hydrogen-bond acceptors (Lipinski definition) is 5. The lowest BCUT2D eigenvalue weighted by atomic mass is 9.73. The SMILES string of the molecule is C[C@H]1CCCC[C@]12NC(=O)N(CC(=O)Nc1ccccc1C(=O)NCc1ccco1)C2=O. The van der Waals surface area contributed by atoms with Gasteiger partial charge in [-0.25, -0.2) is 4.79 Å². The number of urea groups is 1. The van der Waals surface area contributed by atoms with Gasteiger partial charge in [-0.3, -0.25) is 19.3 Å². The molecule has 5 amide bonds. The highest BCUT2D eigenvalue weighted by Crippen LogP contribution is 2.38. The molecule has 1 saturated heterocycles. The molecule has 168 valence electrons. The largest absolute Gasteiger partial charge is 0.467 e. The van der Waals surface area contributed by atoms with E-state index in [0.717, 1.165) is 24.2 Å². The zero-order valence-electron chi connectivity index (χ0n) is 17.8. The number of nitrogens with one attached hydrogen (secondary N) is 3. The highest BCUT2D eigenvalue weighted by molar-refractivity contribution is 6.11. The van der Waals surface area contributed by atoms with Crippen molar-refractivity contribution in [3.8, 4) is 0 Å². The molecule has 1 aromatic heterocycles. The van der Waals surface area contributed by atoms with E-state index in [0.29, 0.717) is 17.9 Å². The van der Waals surface area contributed by atoms with Crippen LogP contribution in [0.2, 0.25) is 0 Å². The molecular weight excluding hydrogens is 412 g/mol. The van der Waals surface area contributed by atoms with E-state index >= 15 is 0 Å². The van der Waals surface area contributed by atoms with Crippen LogP contribution in [0.25, 0.3) is 0 Å². The van der Waals surface area contributed by atoms with Crippen molar-refractivity contribution in [1.82, 2.24) is 15.5 Å². The number of nitrogens with zero attached hydrogens (tertiary/aromatic N) is 1. The molecule has 1 aliphatic carbocycles. The van der Waals surface area contributed by atoms with E-state index in [1.165, 1.54) is 6.26 Å². The summed E-state index contributed by atoms with van der Waals surface area (Å²) in [7, 11) is 0. The summed E-state index contributed by atoms with van der Waals surface area (Å²) in [5.41, 5.74) is -0.358. The molecule has 1 aromatic carbocycles. The van der Waals surface area contributed by atoms with Gasteiger partial charge in [-0.1, -0.05) is 31.9 Å². The highest BCUT2D eigenvalue weighted by atomic mass is 16.3. The number of para-hydroxylation sites is 1. The predicted octanol–water partition coefficient (Wildman–Crippen LogP) is 2.65. The number of furan rings is 1. The van der Waals surface area contributed by atoms with E-state index in [-0.39, 0.29) is 29.8 Å².